The lowest BCUT2D eigenvalue weighted by Crippen LogP contribution is -2.36. The Morgan fingerprint density at radius 1 is 0.857 bits per heavy atom. The molecule has 3 aromatic rings. The van der Waals surface area contributed by atoms with Crippen molar-refractivity contribution in [1.82, 2.24) is 0 Å². The first-order valence-corrected chi connectivity index (χ1v) is 10.00. The van der Waals surface area contributed by atoms with Gasteiger partial charge in [-0.3, -0.25) is 4.79 Å². The molecule has 0 fully saturated rings. The maximum absolute atomic E-state index is 11.3. The molecule has 0 saturated heterocycles. The lowest BCUT2D eigenvalue weighted by atomic mass is 9.83. The number of carboxylic acid groups (broad SMARTS) is 1. The quantitative estimate of drug-likeness (QED) is 0.509. The number of thioether (sulfide) groups is 1. The van der Waals surface area contributed by atoms with Crippen LogP contribution in [0.5, 0.6) is 0 Å². The first-order chi connectivity index (χ1) is 13.6. The third-order valence-corrected chi connectivity index (χ3v) is 6.37. The molecule has 0 saturated carbocycles. The van der Waals surface area contributed by atoms with Crippen molar-refractivity contribution in [3.8, 4) is 0 Å². The molecule has 28 heavy (non-hydrogen) atoms. The maximum atomic E-state index is 11.3. The highest BCUT2D eigenvalue weighted by Gasteiger charge is 2.37. The predicted octanol–water partition coefficient (Wildman–Crippen LogP) is 3.62. The molecule has 0 heterocycles. The van der Waals surface area contributed by atoms with Crippen LogP contribution in [0.4, 0.5) is 0 Å². The highest BCUT2D eigenvalue weighted by atomic mass is 32.2. The second kappa shape index (κ2) is 9.06. The number of carboxylic acids is 1. The number of aliphatic hydroxyl groups is 1. The van der Waals surface area contributed by atoms with Gasteiger partial charge in [-0.1, -0.05) is 84.9 Å². The summed E-state index contributed by atoms with van der Waals surface area (Å²) in [7, 11) is 0. The highest BCUT2D eigenvalue weighted by molar-refractivity contribution is 8.00. The van der Waals surface area contributed by atoms with Crippen LogP contribution in [0.2, 0.25) is 0 Å². The molecule has 3 aromatic carbocycles. The van der Waals surface area contributed by atoms with Crippen molar-refractivity contribution >= 4 is 17.7 Å². The Labute approximate surface area is 169 Å². The summed E-state index contributed by atoms with van der Waals surface area (Å²) < 4.78 is -0.621. The van der Waals surface area contributed by atoms with E-state index >= 15 is 0 Å². The third-order valence-electron chi connectivity index (χ3n) is 4.70. The van der Waals surface area contributed by atoms with E-state index in [4.69, 9.17) is 5.73 Å². The van der Waals surface area contributed by atoms with E-state index < -0.39 is 16.8 Å². The Hall–Kier alpha value is -2.60. The van der Waals surface area contributed by atoms with Crippen molar-refractivity contribution in [3.63, 3.8) is 0 Å². The normalized spacial score (nSPS) is 12.5. The molecule has 0 aliphatic rings. The van der Waals surface area contributed by atoms with Crippen molar-refractivity contribution < 1.29 is 15.0 Å². The van der Waals surface area contributed by atoms with Crippen molar-refractivity contribution in [1.29, 1.82) is 0 Å². The SMILES string of the molecule is N[C@@H](CSC(c1ccccc1)(c1ccccc1)c1ccc(CO)cc1)C(=O)O. The van der Waals surface area contributed by atoms with E-state index in [0.717, 1.165) is 22.3 Å². The van der Waals surface area contributed by atoms with Gasteiger partial charge in [0.25, 0.3) is 0 Å². The van der Waals surface area contributed by atoms with Gasteiger partial charge in [-0.15, -0.1) is 11.8 Å². The van der Waals surface area contributed by atoms with Crippen LogP contribution in [0.1, 0.15) is 22.3 Å². The van der Waals surface area contributed by atoms with Gasteiger partial charge in [-0.2, -0.15) is 0 Å². The van der Waals surface area contributed by atoms with Crippen LogP contribution in [0.3, 0.4) is 0 Å². The second-order valence-electron chi connectivity index (χ2n) is 6.52. The van der Waals surface area contributed by atoms with Gasteiger partial charge in [-0.25, -0.2) is 0 Å². The second-order valence-corrected chi connectivity index (χ2v) is 7.76. The summed E-state index contributed by atoms with van der Waals surface area (Å²) in [6.07, 6.45) is 0. The van der Waals surface area contributed by atoms with Gasteiger partial charge < -0.3 is 15.9 Å². The number of rotatable bonds is 8. The maximum Gasteiger partial charge on any atom is 0.321 e. The smallest absolute Gasteiger partial charge is 0.321 e. The topological polar surface area (TPSA) is 83.5 Å². The van der Waals surface area contributed by atoms with Crippen LogP contribution in [-0.4, -0.2) is 28.0 Å². The van der Waals surface area contributed by atoms with E-state index in [9.17, 15) is 15.0 Å². The van der Waals surface area contributed by atoms with Crippen LogP contribution in [-0.2, 0) is 16.1 Å². The van der Waals surface area contributed by atoms with E-state index in [0.29, 0.717) is 0 Å². The van der Waals surface area contributed by atoms with Crippen LogP contribution in [0, 0.1) is 0 Å². The number of nitrogens with two attached hydrogens (primary N) is 1. The minimum atomic E-state index is -1.02. The molecule has 0 aliphatic carbocycles. The van der Waals surface area contributed by atoms with Crippen LogP contribution >= 0.6 is 11.8 Å². The molecule has 5 heteroatoms. The minimum Gasteiger partial charge on any atom is -0.480 e. The molecule has 4 nitrogen and oxygen atoms in total. The fourth-order valence-electron chi connectivity index (χ4n) is 3.23. The van der Waals surface area contributed by atoms with Crippen molar-refractivity contribution in [2.45, 2.75) is 17.4 Å². The Kier molecular flexibility index (Phi) is 6.52. The zero-order chi connectivity index (χ0) is 20.0. The lowest BCUT2D eigenvalue weighted by molar-refractivity contribution is -0.137. The largest absolute Gasteiger partial charge is 0.480 e. The van der Waals surface area contributed by atoms with E-state index in [1.54, 1.807) is 0 Å². The van der Waals surface area contributed by atoms with Crippen molar-refractivity contribution in [2.24, 2.45) is 5.73 Å². The molecule has 0 aliphatic heterocycles. The molecule has 0 bridgehead atoms. The van der Waals surface area contributed by atoms with Gasteiger partial charge in [0.05, 0.1) is 11.4 Å². The van der Waals surface area contributed by atoms with Gasteiger partial charge in [0.2, 0.25) is 0 Å². The number of hydrogen-bond acceptors (Lipinski definition) is 4. The van der Waals surface area contributed by atoms with Crippen LogP contribution < -0.4 is 5.73 Å². The van der Waals surface area contributed by atoms with Crippen LogP contribution in [0.25, 0.3) is 0 Å². The average Bonchev–Trinajstić information content (AvgIpc) is 2.76. The third kappa shape index (κ3) is 4.12. The average molecular weight is 394 g/mol. The van der Waals surface area contributed by atoms with Gasteiger partial charge >= 0.3 is 5.97 Å². The number of aliphatic carboxylic acids is 1. The zero-order valence-electron chi connectivity index (χ0n) is 15.4. The lowest BCUT2D eigenvalue weighted by Gasteiger charge is -2.36. The number of benzene rings is 3. The standard InChI is InChI=1S/C23H23NO3S/c24-21(22(26)27)16-28-23(18-7-3-1-4-8-18,19-9-5-2-6-10-19)20-13-11-17(15-25)12-14-20/h1-14,21,25H,15-16,24H2,(H,26,27)/t21-/m0/s1. The van der Waals surface area contributed by atoms with E-state index in [1.807, 2.05) is 84.9 Å². The van der Waals surface area contributed by atoms with Crippen molar-refractivity contribution in [2.75, 3.05) is 5.75 Å². The molecule has 3 rings (SSSR count). The van der Waals surface area contributed by atoms with Gasteiger partial charge in [0.1, 0.15) is 6.04 Å². The van der Waals surface area contributed by atoms with Gasteiger partial charge in [0.15, 0.2) is 0 Å². The summed E-state index contributed by atoms with van der Waals surface area (Å²) in [6.45, 7) is -0.0268. The summed E-state index contributed by atoms with van der Waals surface area (Å²) in [5.41, 5.74) is 9.76. The summed E-state index contributed by atoms with van der Waals surface area (Å²) in [5.74, 6) is -0.765. The van der Waals surface area contributed by atoms with Gasteiger partial charge in [-0.05, 0) is 22.3 Å². The molecule has 0 unspecified atom stereocenters. The zero-order valence-corrected chi connectivity index (χ0v) is 16.2. The minimum absolute atomic E-state index is 0.0268. The Bertz CT molecular complexity index is 859. The number of carbonyl (C=O) groups is 1. The van der Waals surface area contributed by atoms with Crippen LogP contribution in [0.15, 0.2) is 84.9 Å². The molecule has 1 atom stereocenters. The Morgan fingerprint density at radius 3 is 1.75 bits per heavy atom. The molecule has 0 aromatic heterocycles. The Morgan fingerprint density at radius 2 is 1.32 bits per heavy atom. The molecule has 0 radical (unpaired) electrons. The van der Waals surface area contributed by atoms with Gasteiger partial charge in [0, 0.05) is 5.75 Å². The molecule has 0 spiro atoms. The summed E-state index contributed by atoms with van der Waals surface area (Å²) in [6, 6.07) is 26.8. The number of hydrogen-bond donors (Lipinski definition) is 3. The molecule has 4 N–H and O–H groups in total. The molecule has 0 amide bonds. The van der Waals surface area contributed by atoms with E-state index in [1.165, 1.54) is 11.8 Å². The summed E-state index contributed by atoms with van der Waals surface area (Å²) in [5, 5.41) is 18.7. The molecule has 144 valence electrons. The fraction of sp³-hybridized carbons (Fsp3) is 0.174. The Balaban J connectivity index is 2.20. The summed E-state index contributed by atoms with van der Waals surface area (Å²) >= 11 is 1.51. The van der Waals surface area contributed by atoms with Crippen molar-refractivity contribution in [3.05, 3.63) is 107 Å². The monoisotopic (exact) mass is 393 g/mol. The first-order valence-electron chi connectivity index (χ1n) is 9.01. The summed E-state index contributed by atoms with van der Waals surface area (Å²) in [4.78, 5) is 11.3. The first kappa shape index (κ1) is 20.1. The predicted molar refractivity (Wildman–Crippen MR) is 113 cm³/mol. The fourth-order valence-corrected chi connectivity index (χ4v) is 4.71. The highest BCUT2D eigenvalue weighted by Crippen LogP contribution is 2.48. The number of aliphatic hydroxyl groups excluding tert-OH is 1. The van der Waals surface area contributed by atoms with E-state index in [2.05, 4.69) is 0 Å². The molecular formula is C23H23NO3S. The van der Waals surface area contributed by atoms with E-state index in [-0.39, 0.29) is 12.4 Å². The molecular weight excluding hydrogens is 370 g/mol.